The van der Waals surface area contributed by atoms with Crippen LogP contribution in [0.5, 0.6) is 0 Å². The molecule has 152 valence electrons. The summed E-state index contributed by atoms with van der Waals surface area (Å²) in [5.41, 5.74) is 4.47. The van der Waals surface area contributed by atoms with E-state index in [9.17, 15) is 9.59 Å². The lowest BCUT2D eigenvalue weighted by molar-refractivity contribution is 0.0947. The van der Waals surface area contributed by atoms with Gasteiger partial charge in [-0.1, -0.05) is 48.9 Å². The van der Waals surface area contributed by atoms with Crippen LogP contribution < -0.4 is 10.9 Å². The monoisotopic (exact) mass is 401 g/mol. The molecule has 0 saturated carbocycles. The molecule has 2 heterocycles. The highest BCUT2D eigenvalue weighted by molar-refractivity contribution is 6.03. The molecule has 0 bridgehead atoms. The first kappa shape index (κ1) is 19.6. The molecule has 30 heavy (non-hydrogen) atoms. The molecular formula is C23H23N5O2. The van der Waals surface area contributed by atoms with Gasteiger partial charge in [0.05, 0.1) is 12.0 Å². The zero-order chi connectivity index (χ0) is 21.3. The summed E-state index contributed by atoms with van der Waals surface area (Å²) < 4.78 is 2.88. The van der Waals surface area contributed by atoms with Crippen LogP contribution in [0.2, 0.25) is 0 Å². The van der Waals surface area contributed by atoms with Gasteiger partial charge < -0.3 is 9.88 Å². The third kappa shape index (κ3) is 3.61. The van der Waals surface area contributed by atoms with E-state index in [2.05, 4.69) is 22.3 Å². The van der Waals surface area contributed by atoms with Crippen LogP contribution in [-0.4, -0.2) is 25.2 Å². The van der Waals surface area contributed by atoms with Gasteiger partial charge in [-0.05, 0) is 36.6 Å². The summed E-state index contributed by atoms with van der Waals surface area (Å²) in [4.78, 5) is 30.0. The molecule has 0 fully saturated rings. The van der Waals surface area contributed by atoms with E-state index in [0.29, 0.717) is 12.2 Å². The topological polar surface area (TPSA) is 81.8 Å². The number of amides is 1. The molecule has 0 aliphatic heterocycles. The quantitative estimate of drug-likeness (QED) is 0.557. The summed E-state index contributed by atoms with van der Waals surface area (Å²) >= 11 is 0. The molecule has 0 saturated heterocycles. The Bertz CT molecular complexity index is 1270. The molecule has 0 spiro atoms. The normalized spacial score (nSPS) is 11.0. The maximum Gasteiger partial charge on any atom is 0.279 e. The minimum atomic E-state index is -0.369. The number of benzene rings is 2. The smallest absolute Gasteiger partial charge is 0.279 e. The van der Waals surface area contributed by atoms with E-state index in [-0.39, 0.29) is 28.2 Å². The summed E-state index contributed by atoms with van der Waals surface area (Å²) in [7, 11) is 1.63. The zero-order valence-corrected chi connectivity index (χ0v) is 17.2. The summed E-state index contributed by atoms with van der Waals surface area (Å²) in [5.74, 6) is -0.369. The highest BCUT2D eigenvalue weighted by atomic mass is 16.2. The molecule has 2 aromatic heterocycles. The van der Waals surface area contributed by atoms with Crippen molar-refractivity contribution in [3.63, 3.8) is 0 Å². The predicted octanol–water partition coefficient (Wildman–Crippen LogP) is 2.92. The van der Waals surface area contributed by atoms with Gasteiger partial charge in [0.2, 0.25) is 0 Å². The Kier molecular flexibility index (Phi) is 5.18. The highest BCUT2D eigenvalue weighted by Gasteiger charge is 2.22. The molecule has 0 atom stereocenters. The maximum absolute atomic E-state index is 12.9. The molecule has 4 aromatic rings. The van der Waals surface area contributed by atoms with Crippen molar-refractivity contribution in [2.75, 3.05) is 0 Å². The number of carbonyl (C=O) groups excluding carboxylic acids is 1. The average Bonchev–Trinajstić information content (AvgIpc) is 3.16. The number of hydrogen-bond donors (Lipinski definition) is 1. The first-order valence-corrected chi connectivity index (χ1v) is 9.85. The van der Waals surface area contributed by atoms with Gasteiger partial charge in [-0.3, -0.25) is 9.59 Å². The lowest BCUT2D eigenvalue weighted by atomic mass is 10.1. The van der Waals surface area contributed by atoms with Crippen molar-refractivity contribution >= 4 is 16.9 Å². The Labute approximate surface area is 174 Å². The number of hydrogen-bond acceptors (Lipinski definition) is 4. The number of nitrogens with zero attached hydrogens (tertiary/aromatic N) is 4. The molecular weight excluding hydrogens is 378 g/mol. The number of aryl methyl sites for hydroxylation is 3. The van der Waals surface area contributed by atoms with E-state index in [1.165, 1.54) is 21.1 Å². The SMILES string of the molecule is CCc1ccc(CNC(=O)c2nn(-c3ccc(C)cc3)c3c(=O)n(C)cnc23)cc1. The van der Waals surface area contributed by atoms with Crippen molar-refractivity contribution in [1.29, 1.82) is 0 Å². The fourth-order valence-corrected chi connectivity index (χ4v) is 3.27. The number of nitrogens with one attached hydrogen (secondary N) is 1. The molecule has 0 aliphatic rings. The van der Waals surface area contributed by atoms with Gasteiger partial charge in [-0.25, -0.2) is 9.67 Å². The molecule has 0 aliphatic carbocycles. The van der Waals surface area contributed by atoms with E-state index in [1.807, 2.05) is 55.5 Å². The molecule has 0 unspecified atom stereocenters. The van der Waals surface area contributed by atoms with Gasteiger partial charge in [-0.2, -0.15) is 5.10 Å². The third-order valence-corrected chi connectivity index (χ3v) is 5.12. The van der Waals surface area contributed by atoms with Gasteiger partial charge in [0.15, 0.2) is 11.2 Å². The van der Waals surface area contributed by atoms with Crippen LogP contribution in [0.25, 0.3) is 16.7 Å². The Morgan fingerprint density at radius 1 is 1.03 bits per heavy atom. The maximum atomic E-state index is 12.9. The van der Waals surface area contributed by atoms with Crippen molar-refractivity contribution in [2.24, 2.45) is 7.05 Å². The summed E-state index contributed by atoms with van der Waals surface area (Å²) in [6.07, 6.45) is 2.38. The molecule has 1 N–H and O–H groups in total. The van der Waals surface area contributed by atoms with E-state index >= 15 is 0 Å². The van der Waals surface area contributed by atoms with Crippen LogP contribution >= 0.6 is 0 Å². The van der Waals surface area contributed by atoms with Crippen LogP contribution in [0.15, 0.2) is 59.7 Å². The second kappa shape index (κ2) is 7.94. The van der Waals surface area contributed by atoms with Crippen molar-refractivity contribution in [3.05, 3.63) is 87.6 Å². The van der Waals surface area contributed by atoms with Crippen LogP contribution in [0.4, 0.5) is 0 Å². The molecule has 2 aromatic carbocycles. The second-order valence-corrected chi connectivity index (χ2v) is 7.31. The van der Waals surface area contributed by atoms with E-state index < -0.39 is 0 Å². The standard InChI is InChI=1S/C23H23N5O2/c1-4-16-7-9-17(10-8-16)13-24-22(29)20-19-21(23(30)27(3)14-25-19)28(26-20)18-11-5-15(2)6-12-18/h5-12,14H,4,13H2,1-3H3,(H,24,29). The molecule has 1 amide bonds. The van der Waals surface area contributed by atoms with Crippen LogP contribution in [-0.2, 0) is 20.0 Å². The largest absolute Gasteiger partial charge is 0.346 e. The van der Waals surface area contributed by atoms with Crippen molar-refractivity contribution in [2.45, 2.75) is 26.8 Å². The third-order valence-electron chi connectivity index (χ3n) is 5.12. The Hall–Kier alpha value is -3.74. The molecule has 0 radical (unpaired) electrons. The Balaban J connectivity index is 1.71. The first-order valence-electron chi connectivity index (χ1n) is 9.85. The van der Waals surface area contributed by atoms with Gasteiger partial charge in [-0.15, -0.1) is 0 Å². The summed E-state index contributed by atoms with van der Waals surface area (Å²) in [5, 5.41) is 7.35. The van der Waals surface area contributed by atoms with Gasteiger partial charge >= 0.3 is 0 Å². The molecule has 7 nitrogen and oxygen atoms in total. The number of carbonyl (C=O) groups is 1. The highest BCUT2D eigenvalue weighted by Crippen LogP contribution is 2.18. The van der Waals surface area contributed by atoms with Crippen LogP contribution in [0.3, 0.4) is 0 Å². The molecule has 7 heteroatoms. The van der Waals surface area contributed by atoms with Crippen molar-refractivity contribution in [3.8, 4) is 5.69 Å². The van der Waals surface area contributed by atoms with Gasteiger partial charge in [0.1, 0.15) is 5.52 Å². The molecule has 4 rings (SSSR count). The van der Waals surface area contributed by atoms with Gasteiger partial charge in [0, 0.05) is 13.6 Å². The summed E-state index contributed by atoms with van der Waals surface area (Å²) in [6, 6.07) is 15.7. The van der Waals surface area contributed by atoms with Crippen LogP contribution in [0, 0.1) is 6.92 Å². The average molecular weight is 401 g/mol. The predicted molar refractivity (Wildman–Crippen MR) is 116 cm³/mol. The first-order chi connectivity index (χ1) is 14.5. The fraction of sp³-hybridized carbons (Fsp3) is 0.217. The summed E-state index contributed by atoms with van der Waals surface area (Å²) in [6.45, 7) is 4.45. The lowest BCUT2D eigenvalue weighted by Crippen LogP contribution is -2.24. The number of rotatable bonds is 5. The van der Waals surface area contributed by atoms with E-state index in [0.717, 1.165) is 17.5 Å². The Morgan fingerprint density at radius 2 is 1.70 bits per heavy atom. The van der Waals surface area contributed by atoms with Crippen molar-refractivity contribution < 1.29 is 4.79 Å². The number of fused-ring (bicyclic) bond motifs is 1. The van der Waals surface area contributed by atoms with Crippen LogP contribution in [0.1, 0.15) is 34.1 Å². The second-order valence-electron chi connectivity index (χ2n) is 7.31. The lowest BCUT2D eigenvalue weighted by Gasteiger charge is -2.05. The van der Waals surface area contributed by atoms with E-state index in [1.54, 1.807) is 7.05 Å². The zero-order valence-electron chi connectivity index (χ0n) is 17.2. The minimum absolute atomic E-state index is 0.133. The minimum Gasteiger partial charge on any atom is -0.346 e. The number of aromatic nitrogens is 4. The van der Waals surface area contributed by atoms with Gasteiger partial charge in [0.25, 0.3) is 11.5 Å². The Morgan fingerprint density at radius 3 is 2.37 bits per heavy atom. The fourth-order valence-electron chi connectivity index (χ4n) is 3.27. The van der Waals surface area contributed by atoms with E-state index in [4.69, 9.17) is 0 Å². The van der Waals surface area contributed by atoms with Crippen molar-refractivity contribution in [1.82, 2.24) is 24.6 Å².